The Balaban J connectivity index is 2.62. The first-order chi connectivity index (χ1) is 5.66. The number of morpholine rings is 1. The van der Waals surface area contributed by atoms with Crippen molar-refractivity contribution in [2.75, 3.05) is 13.2 Å². The Hall–Kier alpha value is -0.570. The summed E-state index contributed by atoms with van der Waals surface area (Å²) in [6, 6.07) is 0.474. The molecule has 0 aromatic heterocycles. The molecule has 1 heterocycles. The first kappa shape index (κ1) is 9.52. The maximum Gasteiger partial charge on any atom is 0.222 e. The van der Waals surface area contributed by atoms with Gasteiger partial charge in [-0.3, -0.25) is 4.79 Å². The molecule has 0 radical (unpaired) electrons. The highest BCUT2D eigenvalue weighted by Crippen LogP contribution is 2.13. The first-order valence-corrected chi connectivity index (χ1v) is 4.55. The van der Waals surface area contributed by atoms with Crippen LogP contribution < -0.4 is 0 Å². The molecule has 0 aromatic rings. The summed E-state index contributed by atoms with van der Waals surface area (Å²) >= 11 is 0. The molecule has 1 aliphatic rings. The maximum absolute atomic E-state index is 11.5. The van der Waals surface area contributed by atoms with Crippen LogP contribution >= 0.6 is 0 Å². The number of hydrogen-bond donors (Lipinski definition) is 0. The lowest BCUT2D eigenvalue weighted by Crippen LogP contribution is -2.52. The van der Waals surface area contributed by atoms with E-state index in [9.17, 15) is 4.79 Å². The zero-order valence-electron chi connectivity index (χ0n) is 8.04. The average Bonchev–Trinajstić information content (AvgIpc) is 2.03. The van der Waals surface area contributed by atoms with Crippen LogP contribution in [-0.4, -0.2) is 36.1 Å². The second kappa shape index (κ2) is 3.90. The van der Waals surface area contributed by atoms with Gasteiger partial charge in [-0.05, 0) is 13.8 Å². The van der Waals surface area contributed by atoms with Crippen molar-refractivity contribution in [2.45, 2.75) is 39.3 Å². The molecular weight excluding hydrogens is 154 g/mol. The van der Waals surface area contributed by atoms with Gasteiger partial charge in [0.2, 0.25) is 5.91 Å². The summed E-state index contributed by atoms with van der Waals surface area (Å²) in [6.45, 7) is 7.32. The molecule has 0 bridgehead atoms. The van der Waals surface area contributed by atoms with E-state index in [4.69, 9.17) is 4.74 Å². The van der Waals surface area contributed by atoms with Gasteiger partial charge in [0.25, 0.3) is 0 Å². The molecule has 2 atom stereocenters. The van der Waals surface area contributed by atoms with Crippen LogP contribution in [0, 0.1) is 0 Å². The summed E-state index contributed by atoms with van der Waals surface area (Å²) in [5, 5.41) is 0. The van der Waals surface area contributed by atoms with E-state index in [1.807, 2.05) is 25.7 Å². The van der Waals surface area contributed by atoms with E-state index in [1.54, 1.807) is 0 Å². The van der Waals surface area contributed by atoms with E-state index >= 15 is 0 Å². The highest BCUT2D eigenvalue weighted by molar-refractivity contribution is 5.76. The number of rotatable bonds is 1. The minimum atomic E-state index is 0.235. The van der Waals surface area contributed by atoms with Crippen LogP contribution in [0.5, 0.6) is 0 Å². The van der Waals surface area contributed by atoms with Crippen LogP contribution in [0.25, 0.3) is 0 Å². The Bertz CT molecular complexity index is 160. The molecule has 0 N–H and O–H groups in total. The lowest BCUT2D eigenvalue weighted by atomic mass is 10.1. The van der Waals surface area contributed by atoms with Crippen molar-refractivity contribution in [3.8, 4) is 0 Å². The van der Waals surface area contributed by atoms with Gasteiger partial charge >= 0.3 is 0 Å². The normalized spacial score (nSPS) is 30.4. The molecule has 0 saturated carbocycles. The van der Waals surface area contributed by atoms with Crippen molar-refractivity contribution >= 4 is 5.91 Å². The SMILES string of the molecule is CCC(=O)N1C(C)COCC1C. The Morgan fingerprint density at radius 3 is 2.33 bits per heavy atom. The highest BCUT2D eigenvalue weighted by atomic mass is 16.5. The molecular formula is C9H17NO2. The fraction of sp³-hybridized carbons (Fsp3) is 0.889. The smallest absolute Gasteiger partial charge is 0.222 e. The maximum atomic E-state index is 11.5. The van der Waals surface area contributed by atoms with Gasteiger partial charge in [0.15, 0.2) is 0 Å². The van der Waals surface area contributed by atoms with E-state index in [-0.39, 0.29) is 18.0 Å². The summed E-state index contributed by atoms with van der Waals surface area (Å²) in [7, 11) is 0. The van der Waals surface area contributed by atoms with Gasteiger partial charge in [-0.1, -0.05) is 6.92 Å². The number of amides is 1. The third kappa shape index (κ3) is 1.78. The van der Waals surface area contributed by atoms with Crippen molar-refractivity contribution in [1.82, 2.24) is 4.90 Å². The van der Waals surface area contributed by atoms with Crippen LogP contribution in [0.3, 0.4) is 0 Å². The number of carbonyl (C=O) groups excluding carboxylic acids is 1. The van der Waals surface area contributed by atoms with Gasteiger partial charge in [0.05, 0.1) is 25.3 Å². The topological polar surface area (TPSA) is 29.5 Å². The Labute approximate surface area is 73.7 Å². The largest absolute Gasteiger partial charge is 0.377 e. The van der Waals surface area contributed by atoms with Gasteiger partial charge < -0.3 is 9.64 Å². The van der Waals surface area contributed by atoms with Crippen LogP contribution in [0.2, 0.25) is 0 Å². The molecule has 1 rings (SSSR count). The molecule has 2 unspecified atom stereocenters. The molecule has 3 heteroatoms. The van der Waals surface area contributed by atoms with E-state index in [0.717, 1.165) is 0 Å². The summed E-state index contributed by atoms with van der Waals surface area (Å²) in [6.07, 6.45) is 0.592. The summed E-state index contributed by atoms with van der Waals surface area (Å²) in [4.78, 5) is 13.4. The number of carbonyl (C=O) groups is 1. The number of hydrogen-bond acceptors (Lipinski definition) is 2. The third-order valence-electron chi connectivity index (χ3n) is 2.26. The molecule has 1 fully saturated rings. The van der Waals surface area contributed by atoms with Crippen molar-refractivity contribution in [1.29, 1.82) is 0 Å². The molecule has 0 aromatic carbocycles. The monoisotopic (exact) mass is 171 g/mol. The van der Waals surface area contributed by atoms with Crippen molar-refractivity contribution in [3.05, 3.63) is 0 Å². The lowest BCUT2D eigenvalue weighted by Gasteiger charge is -2.38. The fourth-order valence-corrected chi connectivity index (χ4v) is 1.68. The predicted octanol–water partition coefficient (Wildman–Crippen LogP) is 1.03. The van der Waals surface area contributed by atoms with Crippen molar-refractivity contribution in [2.24, 2.45) is 0 Å². The molecule has 70 valence electrons. The standard InChI is InChI=1S/C9H17NO2/c1-4-9(11)10-7(2)5-12-6-8(10)3/h7-8H,4-6H2,1-3H3. The van der Waals surface area contributed by atoms with Crippen LogP contribution in [0.1, 0.15) is 27.2 Å². The van der Waals surface area contributed by atoms with Gasteiger partial charge in [-0.25, -0.2) is 0 Å². The first-order valence-electron chi connectivity index (χ1n) is 4.55. The van der Waals surface area contributed by atoms with Gasteiger partial charge in [0, 0.05) is 6.42 Å². The summed E-state index contributed by atoms with van der Waals surface area (Å²) in [5.74, 6) is 0.235. The second-order valence-electron chi connectivity index (χ2n) is 3.39. The minimum absolute atomic E-state index is 0.235. The summed E-state index contributed by atoms with van der Waals surface area (Å²) in [5.41, 5.74) is 0. The number of nitrogens with zero attached hydrogens (tertiary/aromatic N) is 1. The number of ether oxygens (including phenoxy) is 1. The molecule has 0 aliphatic carbocycles. The van der Waals surface area contributed by atoms with E-state index in [1.165, 1.54) is 0 Å². The Morgan fingerprint density at radius 1 is 1.42 bits per heavy atom. The van der Waals surface area contributed by atoms with Crippen molar-refractivity contribution in [3.63, 3.8) is 0 Å². The molecule has 12 heavy (non-hydrogen) atoms. The highest BCUT2D eigenvalue weighted by Gasteiger charge is 2.28. The van der Waals surface area contributed by atoms with Crippen molar-refractivity contribution < 1.29 is 9.53 Å². The zero-order chi connectivity index (χ0) is 9.14. The Kier molecular flexibility index (Phi) is 3.09. The van der Waals surface area contributed by atoms with E-state index in [0.29, 0.717) is 19.6 Å². The van der Waals surface area contributed by atoms with E-state index < -0.39 is 0 Å². The zero-order valence-corrected chi connectivity index (χ0v) is 8.04. The predicted molar refractivity (Wildman–Crippen MR) is 46.9 cm³/mol. The second-order valence-corrected chi connectivity index (χ2v) is 3.39. The van der Waals surface area contributed by atoms with Gasteiger partial charge in [-0.2, -0.15) is 0 Å². The Morgan fingerprint density at radius 2 is 1.92 bits per heavy atom. The summed E-state index contributed by atoms with van der Waals surface area (Å²) < 4.78 is 5.33. The molecule has 1 aliphatic heterocycles. The molecule has 1 amide bonds. The van der Waals surface area contributed by atoms with Gasteiger partial charge in [-0.15, -0.1) is 0 Å². The third-order valence-corrected chi connectivity index (χ3v) is 2.26. The van der Waals surface area contributed by atoms with Crippen LogP contribution in [0.15, 0.2) is 0 Å². The van der Waals surface area contributed by atoms with Crippen LogP contribution in [0.4, 0.5) is 0 Å². The molecule has 3 nitrogen and oxygen atoms in total. The fourth-order valence-electron chi connectivity index (χ4n) is 1.68. The van der Waals surface area contributed by atoms with E-state index in [2.05, 4.69) is 0 Å². The lowest BCUT2D eigenvalue weighted by molar-refractivity contribution is -0.143. The molecule has 1 saturated heterocycles. The quantitative estimate of drug-likeness (QED) is 0.589. The average molecular weight is 171 g/mol. The minimum Gasteiger partial charge on any atom is -0.377 e. The van der Waals surface area contributed by atoms with Gasteiger partial charge in [0.1, 0.15) is 0 Å². The molecule has 0 spiro atoms. The van der Waals surface area contributed by atoms with Crippen LogP contribution in [-0.2, 0) is 9.53 Å².